The van der Waals surface area contributed by atoms with Crippen LogP contribution in [0.2, 0.25) is 0 Å². The Balaban J connectivity index is 3.17. The van der Waals surface area contributed by atoms with E-state index < -0.39 is 12.5 Å². The van der Waals surface area contributed by atoms with E-state index in [1.807, 2.05) is 0 Å². The lowest BCUT2D eigenvalue weighted by Crippen LogP contribution is -2.28. The number of aryl methyl sites for hydroxylation is 2. The Morgan fingerprint density at radius 3 is 2.58 bits per heavy atom. The molecule has 0 saturated carbocycles. The zero-order chi connectivity index (χ0) is 9.35. The van der Waals surface area contributed by atoms with E-state index in [2.05, 4.69) is 5.10 Å². The molecule has 5 heteroatoms. The fourth-order valence-electron chi connectivity index (χ4n) is 1.17. The average Bonchev–Trinajstić information content (AvgIpc) is 2.31. The molecule has 0 saturated heterocycles. The van der Waals surface area contributed by atoms with Crippen LogP contribution < -0.4 is 5.73 Å². The van der Waals surface area contributed by atoms with Crippen LogP contribution in [-0.4, -0.2) is 16.3 Å². The van der Waals surface area contributed by atoms with Crippen molar-refractivity contribution in [2.75, 3.05) is 6.54 Å². The number of hydrogen-bond acceptors (Lipinski definition) is 2. The summed E-state index contributed by atoms with van der Waals surface area (Å²) in [4.78, 5) is 0. The first kappa shape index (κ1) is 9.12. The van der Waals surface area contributed by atoms with Crippen molar-refractivity contribution in [3.8, 4) is 0 Å². The molecule has 68 valence electrons. The van der Waals surface area contributed by atoms with Crippen LogP contribution >= 0.6 is 0 Å². The van der Waals surface area contributed by atoms with E-state index in [1.165, 1.54) is 13.2 Å². The Bertz CT molecular complexity index is 261. The molecule has 0 amide bonds. The SMILES string of the molecule is Cc1cnn(C)c1C(F)(F)CN. The lowest BCUT2D eigenvalue weighted by Gasteiger charge is -2.14. The normalized spacial score (nSPS) is 12.1. The van der Waals surface area contributed by atoms with Crippen molar-refractivity contribution in [3.05, 3.63) is 17.5 Å². The van der Waals surface area contributed by atoms with E-state index in [1.54, 1.807) is 6.92 Å². The van der Waals surface area contributed by atoms with Crippen LogP contribution in [0.3, 0.4) is 0 Å². The zero-order valence-corrected chi connectivity index (χ0v) is 7.01. The number of aromatic nitrogens is 2. The second kappa shape index (κ2) is 2.82. The van der Waals surface area contributed by atoms with Crippen molar-refractivity contribution < 1.29 is 8.78 Å². The van der Waals surface area contributed by atoms with Gasteiger partial charge in [-0.15, -0.1) is 0 Å². The smallest absolute Gasteiger partial charge is 0.301 e. The third-order valence-corrected chi connectivity index (χ3v) is 1.72. The first-order chi connectivity index (χ1) is 5.49. The van der Waals surface area contributed by atoms with Crippen LogP contribution in [0.15, 0.2) is 6.20 Å². The molecule has 0 aliphatic carbocycles. The summed E-state index contributed by atoms with van der Waals surface area (Å²) in [5, 5.41) is 3.71. The lowest BCUT2D eigenvalue weighted by atomic mass is 10.1. The van der Waals surface area contributed by atoms with Gasteiger partial charge in [-0.3, -0.25) is 4.68 Å². The number of hydrogen-bond donors (Lipinski definition) is 1. The first-order valence-corrected chi connectivity index (χ1v) is 3.56. The van der Waals surface area contributed by atoms with Crippen LogP contribution in [0, 0.1) is 6.92 Å². The van der Waals surface area contributed by atoms with Gasteiger partial charge < -0.3 is 5.73 Å². The molecule has 1 heterocycles. The Morgan fingerprint density at radius 2 is 2.25 bits per heavy atom. The second-order valence-electron chi connectivity index (χ2n) is 2.71. The molecule has 0 unspecified atom stereocenters. The lowest BCUT2D eigenvalue weighted by molar-refractivity contribution is -0.00301. The maximum Gasteiger partial charge on any atom is 0.301 e. The molecule has 1 aromatic rings. The maximum atomic E-state index is 13.1. The standard InChI is InChI=1S/C7H11F2N3/c1-5-3-11-12(2)6(5)7(8,9)4-10/h3H,4,10H2,1-2H3. The predicted molar refractivity (Wildman–Crippen MR) is 40.9 cm³/mol. The van der Waals surface area contributed by atoms with Gasteiger partial charge in [-0.05, 0) is 12.5 Å². The molecule has 0 bridgehead atoms. The van der Waals surface area contributed by atoms with Gasteiger partial charge in [0.25, 0.3) is 0 Å². The van der Waals surface area contributed by atoms with Crippen molar-refractivity contribution >= 4 is 0 Å². The Morgan fingerprint density at radius 1 is 1.67 bits per heavy atom. The van der Waals surface area contributed by atoms with Crippen molar-refractivity contribution in [2.45, 2.75) is 12.8 Å². The minimum absolute atomic E-state index is 0.106. The molecule has 0 radical (unpaired) electrons. The number of rotatable bonds is 2. The van der Waals surface area contributed by atoms with Crippen LogP contribution in [0.25, 0.3) is 0 Å². The zero-order valence-electron chi connectivity index (χ0n) is 7.01. The summed E-state index contributed by atoms with van der Waals surface area (Å²) in [6.07, 6.45) is 1.40. The van der Waals surface area contributed by atoms with Gasteiger partial charge in [0.1, 0.15) is 5.69 Å². The van der Waals surface area contributed by atoms with E-state index in [4.69, 9.17) is 5.73 Å². The van der Waals surface area contributed by atoms with Gasteiger partial charge in [-0.25, -0.2) is 0 Å². The van der Waals surface area contributed by atoms with Gasteiger partial charge >= 0.3 is 5.92 Å². The van der Waals surface area contributed by atoms with Gasteiger partial charge in [0.15, 0.2) is 0 Å². The highest BCUT2D eigenvalue weighted by atomic mass is 19.3. The molecular weight excluding hydrogens is 164 g/mol. The molecule has 1 rings (SSSR count). The maximum absolute atomic E-state index is 13.1. The van der Waals surface area contributed by atoms with E-state index in [-0.39, 0.29) is 5.69 Å². The number of nitrogens with zero attached hydrogens (tertiary/aromatic N) is 2. The van der Waals surface area contributed by atoms with Gasteiger partial charge in [0.05, 0.1) is 12.7 Å². The molecule has 0 aliphatic rings. The Hall–Kier alpha value is -0.970. The van der Waals surface area contributed by atoms with Crippen molar-refractivity contribution in [2.24, 2.45) is 12.8 Å². The van der Waals surface area contributed by atoms with Crippen molar-refractivity contribution in [1.29, 1.82) is 0 Å². The van der Waals surface area contributed by atoms with Crippen molar-refractivity contribution in [1.82, 2.24) is 9.78 Å². The molecule has 2 N–H and O–H groups in total. The molecule has 0 aromatic carbocycles. The van der Waals surface area contributed by atoms with Crippen LogP contribution in [0.4, 0.5) is 8.78 Å². The minimum atomic E-state index is -2.98. The highest BCUT2D eigenvalue weighted by Crippen LogP contribution is 2.28. The molecular formula is C7H11F2N3. The van der Waals surface area contributed by atoms with Gasteiger partial charge in [0, 0.05) is 7.05 Å². The Kier molecular flexibility index (Phi) is 2.14. The fourth-order valence-corrected chi connectivity index (χ4v) is 1.17. The highest BCUT2D eigenvalue weighted by Gasteiger charge is 2.34. The highest BCUT2D eigenvalue weighted by molar-refractivity contribution is 5.20. The minimum Gasteiger partial charge on any atom is -0.325 e. The van der Waals surface area contributed by atoms with E-state index in [0.29, 0.717) is 5.56 Å². The molecule has 0 spiro atoms. The summed E-state index contributed by atoms with van der Waals surface area (Å²) >= 11 is 0. The topological polar surface area (TPSA) is 43.8 Å². The molecule has 1 aromatic heterocycles. The summed E-state index contributed by atoms with van der Waals surface area (Å²) in [6.45, 7) is 0.902. The fraction of sp³-hybridized carbons (Fsp3) is 0.571. The molecule has 12 heavy (non-hydrogen) atoms. The van der Waals surface area contributed by atoms with E-state index >= 15 is 0 Å². The molecule has 0 aliphatic heterocycles. The quantitative estimate of drug-likeness (QED) is 0.721. The molecule has 0 fully saturated rings. The van der Waals surface area contributed by atoms with Gasteiger partial charge in [-0.2, -0.15) is 13.9 Å². The van der Waals surface area contributed by atoms with Gasteiger partial charge in [-0.1, -0.05) is 0 Å². The first-order valence-electron chi connectivity index (χ1n) is 3.56. The predicted octanol–water partition coefficient (Wildman–Crippen LogP) is 0.779. The van der Waals surface area contributed by atoms with Crippen molar-refractivity contribution in [3.63, 3.8) is 0 Å². The summed E-state index contributed by atoms with van der Waals surface area (Å²) in [7, 11) is 1.48. The summed E-state index contributed by atoms with van der Waals surface area (Å²) in [6, 6.07) is 0. The summed E-state index contributed by atoms with van der Waals surface area (Å²) in [5.41, 5.74) is 5.30. The van der Waals surface area contributed by atoms with Gasteiger partial charge in [0.2, 0.25) is 0 Å². The van der Waals surface area contributed by atoms with Crippen LogP contribution in [-0.2, 0) is 13.0 Å². The number of nitrogens with two attached hydrogens (primary N) is 1. The largest absolute Gasteiger partial charge is 0.325 e. The number of alkyl halides is 2. The van der Waals surface area contributed by atoms with E-state index in [9.17, 15) is 8.78 Å². The average molecular weight is 175 g/mol. The number of halogens is 2. The van der Waals surface area contributed by atoms with Crippen LogP contribution in [0.5, 0.6) is 0 Å². The third kappa shape index (κ3) is 1.32. The Labute approximate surface area is 69.2 Å². The van der Waals surface area contributed by atoms with Crippen LogP contribution in [0.1, 0.15) is 11.3 Å². The van der Waals surface area contributed by atoms with E-state index in [0.717, 1.165) is 4.68 Å². The second-order valence-corrected chi connectivity index (χ2v) is 2.71. The third-order valence-electron chi connectivity index (χ3n) is 1.72. The molecule has 0 atom stereocenters. The summed E-state index contributed by atoms with van der Waals surface area (Å²) in [5.74, 6) is -2.98. The summed E-state index contributed by atoms with van der Waals surface area (Å²) < 4.78 is 27.3. The molecule has 3 nitrogen and oxygen atoms in total. The monoisotopic (exact) mass is 175 g/mol.